The molecule has 0 spiro atoms. The van der Waals surface area contributed by atoms with E-state index in [1.165, 1.54) is 0 Å². The summed E-state index contributed by atoms with van der Waals surface area (Å²) in [5, 5.41) is 0. The second-order valence-corrected chi connectivity index (χ2v) is 3.42. The van der Waals surface area contributed by atoms with Gasteiger partial charge in [0.25, 0.3) is 0 Å². The maximum atomic E-state index is 11.7. The molecule has 0 aliphatic heterocycles. The predicted octanol–water partition coefficient (Wildman–Crippen LogP) is 1.23. The molecule has 1 amide bonds. The van der Waals surface area contributed by atoms with E-state index in [0.29, 0.717) is 0 Å². The van der Waals surface area contributed by atoms with E-state index < -0.39 is 0 Å². The number of rotatable bonds is 5. The molecule has 0 radical (unpaired) electrons. The van der Waals surface area contributed by atoms with E-state index in [-0.39, 0.29) is 17.9 Å². The van der Waals surface area contributed by atoms with Crippen LogP contribution >= 0.6 is 0 Å². The van der Waals surface area contributed by atoms with Crippen molar-refractivity contribution in [3.05, 3.63) is 0 Å². The molecule has 3 heteroatoms. The maximum Gasteiger partial charge on any atom is 0.239 e. The van der Waals surface area contributed by atoms with Crippen LogP contribution in [0.5, 0.6) is 0 Å². The van der Waals surface area contributed by atoms with E-state index in [9.17, 15) is 4.79 Å². The third-order valence-electron chi connectivity index (χ3n) is 2.62. The zero-order chi connectivity index (χ0) is 10.4. The molecule has 2 atom stereocenters. The van der Waals surface area contributed by atoms with E-state index in [2.05, 4.69) is 6.92 Å². The molecule has 2 N–H and O–H groups in total. The van der Waals surface area contributed by atoms with Crippen molar-refractivity contribution in [3.63, 3.8) is 0 Å². The topological polar surface area (TPSA) is 46.3 Å². The largest absolute Gasteiger partial charge is 0.342 e. The zero-order valence-corrected chi connectivity index (χ0v) is 9.21. The molecule has 0 heterocycles. The molecule has 13 heavy (non-hydrogen) atoms. The van der Waals surface area contributed by atoms with Crippen molar-refractivity contribution in [2.24, 2.45) is 11.7 Å². The fraction of sp³-hybridized carbons (Fsp3) is 0.900. The van der Waals surface area contributed by atoms with Crippen molar-refractivity contribution in [3.8, 4) is 0 Å². The molecule has 3 nitrogen and oxygen atoms in total. The van der Waals surface area contributed by atoms with Crippen LogP contribution in [0.1, 0.15) is 34.1 Å². The summed E-state index contributed by atoms with van der Waals surface area (Å²) >= 11 is 0. The summed E-state index contributed by atoms with van der Waals surface area (Å²) in [5.41, 5.74) is 5.83. The first-order valence-corrected chi connectivity index (χ1v) is 5.12. The Morgan fingerprint density at radius 3 is 2.08 bits per heavy atom. The number of nitrogens with two attached hydrogens (primary N) is 1. The minimum atomic E-state index is -0.329. The Bertz CT molecular complexity index is 155. The Balaban J connectivity index is 4.22. The van der Waals surface area contributed by atoms with Crippen LogP contribution in [-0.4, -0.2) is 29.9 Å². The van der Waals surface area contributed by atoms with Crippen LogP contribution < -0.4 is 5.73 Å². The molecule has 0 aromatic rings. The molecule has 0 aliphatic carbocycles. The average molecular weight is 186 g/mol. The van der Waals surface area contributed by atoms with Crippen LogP contribution in [0.4, 0.5) is 0 Å². The van der Waals surface area contributed by atoms with Gasteiger partial charge in [-0.3, -0.25) is 4.79 Å². The number of nitrogens with zero attached hydrogens (tertiary/aromatic N) is 1. The Morgan fingerprint density at radius 2 is 1.77 bits per heavy atom. The lowest BCUT2D eigenvalue weighted by Gasteiger charge is -2.25. The lowest BCUT2D eigenvalue weighted by Crippen LogP contribution is -2.46. The summed E-state index contributed by atoms with van der Waals surface area (Å²) in [6.07, 6.45) is 0.953. The monoisotopic (exact) mass is 186 g/mol. The number of carbonyl (C=O) groups excluding carboxylic acids is 1. The molecule has 0 bridgehead atoms. The summed E-state index contributed by atoms with van der Waals surface area (Å²) in [7, 11) is 0. The van der Waals surface area contributed by atoms with Gasteiger partial charge in [0.2, 0.25) is 5.91 Å². The van der Waals surface area contributed by atoms with Gasteiger partial charge in [-0.2, -0.15) is 0 Å². The number of hydrogen-bond donors (Lipinski definition) is 1. The highest BCUT2D eigenvalue weighted by Gasteiger charge is 2.22. The highest BCUT2D eigenvalue weighted by Crippen LogP contribution is 2.08. The van der Waals surface area contributed by atoms with Gasteiger partial charge >= 0.3 is 0 Å². The molecule has 0 aromatic carbocycles. The van der Waals surface area contributed by atoms with E-state index in [1.807, 2.05) is 20.8 Å². The van der Waals surface area contributed by atoms with Crippen LogP contribution in [0.25, 0.3) is 0 Å². The summed E-state index contributed by atoms with van der Waals surface area (Å²) in [6.45, 7) is 9.53. The minimum Gasteiger partial charge on any atom is -0.342 e. The summed E-state index contributed by atoms with van der Waals surface area (Å²) in [6, 6.07) is -0.329. The summed E-state index contributed by atoms with van der Waals surface area (Å²) < 4.78 is 0. The third kappa shape index (κ3) is 3.35. The maximum absolute atomic E-state index is 11.7. The Hall–Kier alpha value is -0.570. The van der Waals surface area contributed by atoms with Gasteiger partial charge in [-0.05, 0) is 19.8 Å². The number of hydrogen-bond acceptors (Lipinski definition) is 2. The zero-order valence-electron chi connectivity index (χ0n) is 9.21. The van der Waals surface area contributed by atoms with Crippen molar-refractivity contribution in [1.82, 2.24) is 4.90 Å². The van der Waals surface area contributed by atoms with Gasteiger partial charge in [-0.25, -0.2) is 0 Å². The first-order chi connectivity index (χ1) is 6.08. The predicted molar refractivity (Wildman–Crippen MR) is 55.4 cm³/mol. The van der Waals surface area contributed by atoms with Gasteiger partial charge in [0.1, 0.15) is 0 Å². The Morgan fingerprint density at radius 1 is 1.31 bits per heavy atom. The van der Waals surface area contributed by atoms with Crippen molar-refractivity contribution in [2.45, 2.75) is 40.2 Å². The standard InChI is InChI=1S/C10H22N2O/c1-5-8(4)9(11)10(13)12(6-2)7-3/h8-9H,5-7,11H2,1-4H3/t8?,9-/m0/s1. The third-order valence-corrected chi connectivity index (χ3v) is 2.62. The Kier molecular flexibility index (Phi) is 5.71. The van der Waals surface area contributed by atoms with Crippen LogP contribution in [-0.2, 0) is 4.79 Å². The van der Waals surface area contributed by atoms with Crippen LogP contribution in [0.15, 0.2) is 0 Å². The minimum absolute atomic E-state index is 0.0827. The first kappa shape index (κ1) is 12.4. The van der Waals surface area contributed by atoms with Crippen LogP contribution in [0, 0.1) is 5.92 Å². The van der Waals surface area contributed by atoms with Crippen molar-refractivity contribution < 1.29 is 4.79 Å². The number of likely N-dealkylation sites (N-methyl/N-ethyl adjacent to an activating group) is 1. The quantitative estimate of drug-likeness (QED) is 0.702. The smallest absolute Gasteiger partial charge is 0.239 e. The van der Waals surface area contributed by atoms with E-state index >= 15 is 0 Å². The lowest BCUT2D eigenvalue weighted by molar-refractivity contribution is -0.133. The van der Waals surface area contributed by atoms with Crippen molar-refractivity contribution in [2.75, 3.05) is 13.1 Å². The molecule has 78 valence electrons. The average Bonchev–Trinajstić information content (AvgIpc) is 2.17. The lowest BCUT2D eigenvalue weighted by atomic mass is 9.99. The van der Waals surface area contributed by atoms with Crippen LogP contribution in [0.3, 0.4) is 0 Å². The molecular weight excluding hydrogens is 164 g/mol. The molecule has 0 aliphatic rings. The van der Waals surface area contributed by atoms with Gasteiger partial charge in [0.15, 0.2) is 0 Å². The molecule has 0 fully saturated rings. The van der Waals surface area contributed by atoms with Crippen molar-refractivity contribution >= 4 is 5.91 Å². The highest BCUT2D eigenvalue weighted by atomic mass is 16.2. The van der Waals surface area contributed by atoms with E-state index in [1.54, 1.807) is 4.90 Å². The molecule has 0 aromatic heterocycles. The fourth-order valence-corrected chi connectivity index (χ4v) is 1.24. The van der Waals surface area contributed by atoms with Gasteiger partial charge in [-0.15, -0.1) is 0 Å². The van der Waals surface area contributed by atoms with Gasteiger partial charge in [0.05, 0.1) is 6.04 Å². The van der Waals surface area contributed by atoms with Gasteiger partial charge < -0.3 is 10.6 Å². The van der Waals surface area contributed by atoms with Crippen LogP contribution in [0.2, 0.25) is 0 Å². The second kappa shape index (κ2) is 5.97. The SMILES string of the molecule is CCC(C)[C@H](N)C(=O)N(CC)CC. The van der Waals surface area contributed by atoms with E-state index in [0.717, 1.165) is 19.5 Å². The molecule has 0 saturated heterocycles. The normalized spacial score (nSPS) is 15.2. The first-order valence-electron chi connectivity index (χ1n) is 5.12. The molecule has 0 saturated carbocycles. The second-order valence-electron chi connectivity index (χ2n) is 3.42. The summed E-state index contributed by atoms with van der Waals surface area (Å²) in [5.74, 6) is 0.354. The van der Waals surface area contributed by atoms with Gasteiger partial charge in [0, 0.05) is 13.1 Å². The Labute approximate surface area is 81.3 Å². The highest BCUT2D eigenvalue weighted by molar-refractivity contribution is 5.81. The summed E-state index contributed by atoms with van der Waals surface area (Å²) in [4.78, 5) is 13.5. The fourth-order valence-electron chi connectivity index (χ4n) is 1.24. The van der Waals surface area contributed by atoms with Gasteiger partial charge in [-0.1, -0.05) is 20.3 Å². The molecular formula is C10H22N2O. The van der Waals surface area contributed by atoms with E-state index in [4.69, 9.17) is 5.73 Å². The van der Waals surface area contributed by atoms with Crippen molar-refractivity contribution in [1.29, 1.82) is 0 Å². The number of amides is 1. The molecule has 1 unspecified atom stereocenters. The number of carbonyl (C=O) groups is 1. The molecule has 0 rings (SSSR count).